The number of nitrogens with zero attached hydrogens (tertiary/aromatic N) is 3. The third-order valence-corrected chi connectivity index (χ3v) is 5.21. The highest BCUT2D eigenvalue weighted by Crippen LogP contribution is 2.21. The van der Waals surface area contributed by atoms with Crippen LogP contribution in [-0.4, -0.2) is 66.4 Å². The number of hydrogen-bond acceptors (Lipinski definition) is 5. The monoisotopic (exact) mass is 400 g/mol. The molecule has 1 aliphatic rings. The second kappa shape index (κ2) is 10.4. The Morgan fingerprint density at radius 3 is 2.82 bits per heavy atom. The van der Waals surface area contributed by atoms with Gasteiger partial charge < -0.3 is 19.7 Å². The highest BCUT2D eigenvalue weighted by Gasteiger charge is 2.16. The number of methoxy groups -OCH3 is 1. The fourth-order valence-electron chi connectivity index (χ4n) is 3.15. The summed E-state index contributed by atoms with van der Waals surface area (Å²) in [4.78, 5) is 8.85. The molecule has 1 aromatic heterocycles. The van der Waals surface area contributed by atoms with Gasteiger partial charge in [-0.25, -0.2) is 0 Å². The minimum Gasteiger partial charge on any atom is -0.497 e. The maximum absolute atomic E-state index is 5.76. The first-order valence-corrected chi connectivity index (χ1v) is 9.96. The quantitative estimate of drug-likeness (QED) is 0.717. The molecule has 0 amide bonds. The van der Waals surface area contributed by atoms with Gasteiger partial charge in [-0.15, -0.1) is 0 Å². The number of pyridine rings is 1. The number of benzene rings is 1. The van der Waals surface area contributed by atoms with E-state index in [1.54, 1.807) is 13.3 Å². The number of ether oxygens (including phenoxy) is 2. The molecule has 1 aromatic carbocycles. The summed E-state index contributed by atoms with van der Waals surface area (Å²) >= 11 is 5.76. The summed E-state index contributed by atoms with van der Waals surface area (Å²) in [5, 5.41) is 4.12. The van der Waals surface area contributed by atoms with Gasteiger partial charge in [0.1, 0.15) is 5.75 Å². The Bertz CT molecular complexity index is 766. The standard InChI is InChI=1S/C21H28N4O2S/c1-17-14-19(26-2)5-6-20(17)23-21(28)25(16-18-4-3-7-22-15-18)9-8-24-10-12-27-13-11-24/h3-7,14-15H,8-13,16H2,1-2H3,(H,23,28). The first-order chi connectivity index (χ1) is 13.7. The molecule has 0 radical (unpaired) electrons. The summed E-state index contributed by atoms with van der Waals surface area (Å²) in [6.07, 6.45) is 3.68. The van der Waals surface area contributed by atoms with E-state index in [-0.39, 0.29) is 0 Å². The minimum absolute atomic E-state index is 0.713. The molecule has 150 valence electrons. The average molecular weight is 401 g/mol. The molecule has 2 aromatic rings. The van der Waals surface area contributed by atoms with Crippen molar-refractivity contribution in [1.29, 1.82) is 0 Å². The lowest BCUT2D eigenvalue weighted by atomic mass is 10.2. The zero-order chi connectivity index (χ0) is 19.8. The number of aromatic nitrogens is 1. The molecule has 0 aliphatic carbocycles. The molecule has 0 bridgehead atoms. The van der Waals surface area contributed by atoms with Crippen LogP contribution in [0, 0.1) is 6.92 Å². The maximum atomic E-state index is 5.76. The van der Waals surface area contributed by atoms with Gasteiger partial charge in [0, 0.05) is 50.8 Å². The van der Waals surface area contributed by atoms with Gasteiger partial charge in [0.15, 0.2) is 5.11 Å². The lowest BCUT2D eigenvalue weighted by Crippen LogP contribution is -2.44. The molecule has 28 heavy (non-hydrogen) atoms. The number of morpholine rings is 1. The van der Waals surface area contributed by atoms with E-state index in [1.165, 1.54) is 0 Å². The highest BCUT2D eigenvalue weighted by atomic mass is 32.1. The van der Waals surface area contributed by atoms with Crippen LogP contribution >= 0.6 is 12.2 Å². The van der Waals surface area contributed by atoms with E-state index in [9.17, 15) is 0 Å². The normalized spacial score (nSPS) is 14.5. The second-order valence-corrected chi connectivity index (χ2v) is 7.23. The van der Waals surface area contributed by atoms with E-state index < -0.39 is 0 Å². The summed E-state index contributed by atoms with van der Waals surface area (Å²) in [5.74, 6) is 0.841. The van der Waals surface area contributed by atoms with E-state index in [4.69, 9.17) is 21.7 Å². The van der Waals surface area contributed by atoms with Crippen molar-refractivity contribution in [2.75, 3.05) is 51.8 Å². The third-order valence-electron chi connectivity index (χ3n) is 4.85. The van der Waals surface area contributed by atoms with E-state index in [0.29, 0.717) is 5.11 Å². The molecule has 0 saturated carbocycles. The van der Waals surface area contributed by atoms with E-state index in [1.807, 2.05) is 37.4 Å². The van der Waals surface area contributed by atoms with Gasteiger partial charge in [-0.2, -0.15) is 0 Å². The van der Waals surface area contributed by atoms with Crippen LogP contribution in [0.5, 0.6) is 5.75 Å². The molecule has 2 heterocycles. The summed E-state index contributed by atoms with van der Waals surface area (Å²) < 4.78 is 10.7. The van der Waals surface area contributed by atoms with Crippen molar-refractivity contribution in [2.24, 2.45) is 0 Å². The Morgan fingerprint density at radius 1 is 1.32 bits per heavy atom. The minimum atomic E-state index is 0.713. The van der Waals surface area contributed by atoms with E-state index >= 15 is 0 Å². The van der Waals surface area contributed by atoms with E-state index in [0.717, 1.165) is 68.5 Å². The van der Waals surface area contributed by atoms with Crippen LogP contribution in [0.3, 0.4) is 0 Å². The predicted molar refractivity (Wildman–Crippen MR) is 116 cm³/mol. The van der Waals surface area contributed by atoms with Crippen molar-refractivity contribution in [3.05, 3.63) is 53.9 Å². The van der Waals surface area contributed by atoms with Crippen LogP contribution in [0.4, 0.5) is 5.69 Å². The molecule has 6 nitrogen and oxygen atoms in total. The first kappa shape index (κ1) is 20.5. The molecule has 0 spiro atoms. The van der Waals surface area contributed by atoms with Gasteiger partial charge in [0.25, 0.3) is 0 Å². The van der Waals surface area contributed by atoms with Gasteiger partial charge in [0.2, 0.25) is 0 Å². The fraction of sp³-hybridized carbons (Fsp3) is 0.429. The van der Waals surface area contributed by atoms with Crippen LogP contribution in [-0.2, 0) is 11.3 Å². The van der Waals surface area contributed by atoms with E-state index in [2.05, 4.69) is 26.2 Å². The smallest absolute Gasteiger partial charge is 0.173 e. The molecule has 1 saturated heterocycles. The number of anilines is 1. The summed E-state index contributed by atoms with van der Waals surface area (Å²) in [7, 11) is 1.67. The van der Waals surface area contributed by atoms with Crippen LogP contribution in [0.1, 0.15) is 11.1 Å². The largest absolute Gasteiger partial charge is 0.497 e. The molecular formula is C21H28N4O2S. The highest BCUT2D eigenvalue weighted by molar-refractivity contribution is 7.80. The fourth-order valence-corrected chi connectivity index (χ4v) is 3.41. The Hall–Kier alpha value is -2.22. The Morgan fingerprint density at radius 2 is 2.14 bits per heavy atom. The number of hydrogen-bond donors (Lipinski definition) is 1. The molecule has 0 unspecified atom stereocenters. The Balaban J connectivity index is 1.68. The SMILES string of the molecule is COc1ccc(NC(=S)N(CCN2CCOCC2)Cc2cccnc2)c(C)c1. The van der Waals surface area contributed by atoms with Crippen LogP contribution in [0.2, 0.25) is 0 Å². The zero-order valence-electron chi connectivity index (χ0n) is 16.6. The van der Waals surface area contributed by atoms with Crippen LogP contribution < -0.4 is 10.1 Å². The molecular weight excluding hydrogens is 372 g/mol. The third kappa shape index (κ3) is 5.89. The number of aryl methyl sites for hydroxylation is 1. The summed E-state index contributed by atoms with van der Waals surface area (Å²) in [5.41, 5.74) is 3.23. The van der Waals surface area contributed by atoms with Crippen molar-refractivity contribution in [2.45, 2.75) is 13.5 Å². The molecule has 7 heteroatoms. The van der Waals surface area contributed by atoms with Gasteiger partial charge >= 0.3 is 0 Å². The Kier molecular flexibility index (Phi) is 7.59. The summed E-state index contributed by atoms with van der Waals surface area (Å²) in [6.45, 7) is 8.11. The molecule has 0 atom stereocenters. The van der Waals surface area contributed by atoms with Crippen molar-refractivity contribution in [3.8, 4) is 5.75 Å². The topological polar surface area (TPSA) is 49.9 Å². The predicted octanol–water partition coefficient (Wildman–Crippen LogP) is 2.93. The average Bonchev–Trinajstić information content (AvgIpc) is 2.74. The van der Waals surface area contributed by atoms with Gasteiger partial charge in [-0.3, -0.25) is 9.88 Å². The Labute approximate surface area is 172 Å². The lowest BCUT2D eigenvalue weighted by molar-refractivity contribution is 0.0358. The van der Waals surface area contributed by atoms with Gasteiger partial charge in [0.05, 0.1) is 20.3 Å². The van der Waals surface area contributed by atoms with Gasteiger partial charge in [-0.05, 0) is 54.5 Å². The lowest BCUT2D eigenvalue weighted by Gasteiger charge is -2.31. The van der Waals surface area contributed by atoms with Crippen molar-refractivity contribution < 1.29 is 9.47 Å². The zero-order valence-corrected chi connectivity index (χ0v) is 17.4. The van der Waals surface area contributed by atoms with Crippen molar-refractivity contribution in [1.82, 2.24) is 14.8 Å². The first-order valence-electron chi connectivity index (χ1n) is 9.55. The second-order valence-electron chi connectivity index (χ2n) is 6.85. The molecule has 1 aliphatic heterocycles. The van der Waals surface area contributed by atoms with Crippen molar-refractivity contribution >= 4 is 23.0 Å². The van der Waals surface area contributed by atoms with Crippen LogP contribution in [0.15, 0.2) is 42.7 Å². The van der Waals surface area contributed by atoms with Crippen LogP contribution in [0.25, 0.3) is 0 Å². The van der Waals surface area contributed by atoms with Gasteiger partial charge in [-0.1, -0.05) is 6.07 Å². The summed E-state index contributed by atoms with van der Waals surface area (Å²) in [6, 6.07) is 9.99. The number of nitrogens with one attached hydrogen (secondary N) is 1. The number of rotatable bonds is 7. The molecule has 1 fully saturated rings. The maximum Gasteiger partial charge on any atom is 0.173 e. The number of thiocarbonyl (C=S) groups is 1. The van der Waals surface area contributed by atoms with Crippen molar-refractivity contribution in [3.63, 3.8) is 0 Å². The molecule has 1 N–H and O–H groups in total. The molecule has 3 rings (SSSR count).